The molecule has 0 bridgehead atoms. The Labute approximate surface area is 149 Å². The van der Waals surface area contributed by atoms with Crippen molar-refractivity contribution >= 4 is 11.6 Å². The van der Waals surface area contributed by atoms with Crippen LogP contribution in [0.1, 0.15) is 58.7 Å². The quantitative estimate of drug-likeness (QED) is 0.844. The standard InChI is InChI=1S/C19H30N4O2/c1-12(2)7-8-15(19(4,5)6)22-17(24)11-14-13(3)21-16-9-10-20-23(16)18(14)25/h9-10,12,15,20H,7-8,11H2,1-6H3,(H,22,24)/t15-/m1/s1. The average molecular weight is 346 g/mol. The minimum atomic E-state index is -0.211. The number of hydrogen-bond acceptors (Lipinski definition) is 3. The average Bonchev–Trinajstić information content (AvgIpc) is 2.94. The zero-order chi connectivity index (χ0) is 18.8. The molecule has 2 rings (SSSR count). The van der Waals surface area contributed by atoms with Gasteiger partial charge in [-0.3, -0.25) is 14.7 Å². The molecule has 1 amide bonds. The minimum Gasteiger partial charge on any atom is -0.353 e. The van der Waals surface area contributed by atoms with Crippen LogP contribution in [0, 0.1) is 18.3 Å². The van der Waals surface area contributed by atoms with Crippen molar-refractivity contribution in [2.24, 2.45) is 11.3 Å². The van der Waals surface area contributed by atoms with E-state index < -0.39 is 0 Å². The molecule has 0 unspecified atom stereocenters. The molecule has 2 heterocycles. The van der Waals surface area contributed by atoms with Crippen molar-refractivity contribution in [3.63, 3.8) is 0 Å². The number of nitrogens with one attached hydrogen (secondary N) is 2. The maximum absolute atomic E-state index is 12.6. The van der Waals surface area contributed by atoms with E-state index in [0.717, 1.165) is 12.8 Å². The lowest BCUT2D eigenvalue weighted by molar-refractivity contribution is -0.122. The molecule has 0 fully saturated rings. The van der Waals surface area contributed by atoms with E-state index in [-0.39, 0.29) is 29.3 Å². The van der Waals surface area contributed by atoms with E-state index in [4.69, 9.17) is 0 Å². The number of amides is 1. The van der Waals surface area contributed by atoms with Gasteiger partial charge in [0.2, 0.25) is 5.91 Å². The van der Waals surface area contributed by atoms with Crippen LogP contribution in [0.2, 0.25) is 0 Å². The number of H-pyrrole nitrogens is 1. The highest BCUT2D eigenvalue weighted by Crippen LogP contribution is 2.24. The lowest BCUT2D eigenvalue weighted by Crippen LogP contribution is -2.45. The van der Waals surface area contributed by atoms with Gasteiger partial charge in [0.25, 0.3) is 5.56 Å². The number of aromatic amines is 1. The Balaban J connectivity index is 2.16. The number of carbonyl (C=O) groups excluding carboxylic acids is 1. The van der Waals surface area contributed by atoms with Gasteiger partial charge in [-0.1, -0.05) is 34.6 Å². The normalized spacial score (nSPS) is 13.4. The summed E-state index contributed by atoms with van der Waals surface area (Å²) in [6.45, 7) is 12.5. The van der Waals surface area contributed by atoms with Gasteiger partial charge in [0.1, 0.15) is 0 Å². The van der Waals surface area contributed by atoms with Crippen molar-refractivity contribution in [3.8, 4) is 0 Å². The van der Waals surface area contributed by atoms with Crippen molar-refractivity contribution in [2.45, 2.75) is 66.8 Å². The Bertz CT molecular complexity index is 796. The van der Waals surface area contributed by atoms with Crippen LogP contribution in [0.25, 0.3) is 5.65 Å². The summed E-state index contributed by atoms with van der Waals surface area (Å²) in [5.74, 6) is 0.463. The Morgan fingerprint density at radius 1 is 1.32 bits per heavy atom. The third-order valence-electron chi connectivity index (χ3n) is 4.60. The molecule has 2 aromatic rings. The third-order valence-corrected chi connectivity index (χ3v) is 4.60. The number of rotatable bonds is 6. The minimum absolute atomic E-state index is 0.0314. The number of fused-ring (bicyclic) bond motifs is 1. The fraction of sp³-hybridized carbons (Fsp3) is 0.632. The third kappa shape index (κ3) is 4.71. The first-order valence-electron chi connectivity index (χ1n) is 8.94. The molecule has 138 valence electrons. The Kier molecular flexibility index (Phi) is 5.70. The van der Waals surface area contributed by atoms with Crippen LogP contribution in [0.4, 0.5) is 0 Å². The van der Waals surface area contributed by atoms with Crippen LogP contribution < -0.4 is 10.9 Å². The summed E-state index contributed by atoms with van der Waals surface area (Å²) in [5, 5.41) is 5.97. The molecule has 0 aliphatic heterocycles. The molecule has 0 radical (unpaired) electrons. The van der Waals surface area contributed by atoms with E-state index in [1.165, 1.54) is 4.52 Å². The summed E-state index contributed by atoms with van der Waals surface area (Å²) in [7, 11) is 0. The van der Waals surface area contributed by atoms with Gasteiger partial charge >= 0.3 is 0 Å². The molecule has 0 saturated carbocycles. The molecule has 0 saturated heterocycles. The van der Waals surface area contributed by atoms with Crippen molar-refractivity contribution in [1.82, 2.24) is 19.9 Å². The van der Waals surface area contributed by atoms with Crippen molar-refractivity contribution in [2.75, 3.05) is 0 Å². The van der Waals surface area contributed by atoms with Crippen LogP contribution in [-0.4, -0.2) is 26.5 Å². The molecular formula is C19H30N4O2. The summed E-state index contributed by atoms with van der Waals surface area (Å²) in [6, 6.07) is 1.81. The summed E-state index contributed by atoms with van der Waals surface area (Å²) < 4.78 is 1.37. The topological polar surface area (TPSA) is 79.3 Å². The van der Waals surface area contributed by atoms with Gasteiger partial charge in [0.15, 0.2) is 5.65 Å². The highest BCUT2D eigenvalue weighted by molar-refractivity contribution is 5.79. The maximum atomic E-state index is 12.6. The lowest BCUT2D eigenvalue weighted by atomic mass is 9.82. The molecule has 2 N–H and O–H groups in total. The second kappa shape index (κ2) is 7.42. The molecular weight excluding hydrogens is 316 g/mol. The van der Waals surface area contributed by atoms with Crippen LogP contribution >= 0.6 is 0 Å². The SMILES string of the molecule is Cc1nc2cc[nH]n2c(=O)c1CC(=O)N[C@H](CCC(C)C)C(C)(C)C. The van der Waals surface area contributed by atoms with Crippen LogP contribution in [0.3, 0.4) is 0 Å². The highest BCUT2D eigenvalue weighted by atomic mass is 16.2. The van der Waals surface area contributed by atoms with E-state index in [9.17, 15) is 9.59 Å². The van der Waals surface area contributed by atoms with Gasteiger partial charge < -0.3 is 5.32 Å². The number of aromatic nitrogens is 3. The highest BCUT2D eigenvalue weighted by Gasteiger charge is 2.26. The van der Waals surface area contributed by atoms with Gasteiger partial charge in [-0.05, 0) is 31.1 Å². The monoisotopic (exact) mass is 346 g/mol. The Morgan fingerprint density at radius 2 is 2.00 bits per heavy atom. The fourth-order valence-electron chi connectivity index (χ4n) is 2.94. The van der Waals surface area contributed by atoms with E-state index in [2.05, 4.69) is 50.0 Å². The first-order valence-corrected chi connectivity index (χ1v) is 8.94. The largest absolute Gasteiger partial charge is 0.353 e. The number of nitrogens with zero attached hydrogens (tertiary/aromatic N) is 2. The van der Waals surface area contributed by atoms with Crippen LogP contribution in [0.15, 0.2) is 17.1 Å². The van der Waals surface area contributed by atoms with Gasteiger partial charge in [-0.15, -0.1) is 0 Å². The summed E-state index contributed by atoms with van der Waals surface area (Å²) >= 11 is 0. The molecule has 0 aliphatic rings. The van der Waals surface area contributed by atoms with Gasteiger partial charge in [-0.2, -0.15) is 0 Å². The number of aryl methyl sites for hydroxylation is 1. The Morgan fingerprint density at radius 3 is 2.60 bits per heavy atom. The predicted molar refractivity (Wildman–Crippen MR) is 99.7 cm³/mol. The predicted octanol–water partition coefficient (Wildman–Crippen LogP) is 2.84. The lowest BCUT2D eigenvalue weighted by Gasteiger charge is -2.32. The maximum Gasteiger partial charge on any atom is 0.276 e. The van der Waals surface area contributed by atoms with E-state index in [1.807, 2.05) is 0 Å². The van der Waals surface area contributed by atoms with Gasteiger partial charge in [-0.25, -0.2) is 9.50 Å². The fourth-order valence-corrected chi connectivity index (χ4v) is 2.94. The molecule has 0 aliphatic carbocycles. The molecule has 0 aromatic carbocycles. The molecule has 25 heavy (non-hydrogen) atoms. The number of carbonyl (C=O) groups is 1. The first-order chi connectivity index (χ1) is 11.6. The zero-order valence-corrected chi connectivity index (χ0v) is 16.1. The summed E-state index contributed by atoms with van der Waals surface area (Å²) in [6.07, 6.45) is 3.70. The first kappa shape index (κ1) is 19.2. The van der Waals surface area contributed by atoms with Crippen LogP contribution in [0.5, 0.6) is 0 Å². The van der Waals surface area contributed by atoms with Crippen LogP contribution in [-0.2, 0) is 11.2 Å². The molecule has 1 atom stereocenters. The van der Waals surface area contributed by atoms with Gasteiger partial charge in [0, 0.05) is 29.6 Å². The van der Waals surface area contributed by atoms with E-state index in [0.29, 0.717) is 22.8 Å². The molecule has 6 nitrogen and oxygen atoms in total. The molecule has 0 spiro atoms. The Hall–Kier alpha value is -2.11. The second-order valence-electron chi connectivity index (χ2n) is 8.27. The summed E-state index contributed by atoms with van der Waals surface area (Å²) in [4.78, 5) is 29.5. The van der Waals surface area contributed by atoms with Gasteiger partial charge in [0.05, 0.1) is 6.42 Å². The van der Waals surface area contributed by atoms with Crippen molar-refractivity contribution in [1.29, 1.82) is 0 Å². The van der Waals surface area contributed by atoms with Crippen molar-refractivity contribution in [3.05, 3.63) is 33.9 Å². The molecule has 6 heteroatoms. The van der Waals surface area contributed by atoms with E-state index in [1.54, 1.807) is 19.2 Å². The van der Waals surface area contributed by atoms with Crippen molar-refractivity contribution < 1.29 is 4.79 Å². The smallest absolute Gasteiger partial charge is 0.276 e. The zero-order valence-electron chi connectivity index (χ0n) is 16.1. The second-order valence-corrected chi connectivity index (χ2v) is 8.27. The van der Waals surface area contributed by atoms with E-state index >= 15 is 0 Å². The number of hydrogen-bond donors (Lipinski definition) is 2. The molecule has 2 aromatic heterocycles. The summed E-state index contributed by atoms with van der Waals surface area (Å²) in [5.41, 5.74) is 1.37.